The van der Waals surface area contributed by atoms with Crippen molar-refractivity contribution in [1.82, 2.24) is 10.6 Å². The zero-order valence-corrected chi connectivity index (χ0v) is 13.2. The van der Waals surface area contributed by atoms with Crippen molar-refractivity contribution in [1.29, 1.82) is 0 Å². The number of nitrogens with one attached hydrogen (secondary N) is 2. The number of hydrogen-bond donors (Lipinski definition) is 2. The van der Waals surface area contributed by atoms with Gasteiger partial charge in [-0.3, -0.25) is 4.79 Å². The summed E-state index contributed by atoms with van der Waals surface area (Å²) < 4.78 is 5.25. The lowest BCUT2D eigenvalue weighted by molar-refractivity contribution is -0.124. The molecule has 2 bridgehead atoms. The molecule has 4 heteroatoms. The zero-order chi connectivity index (χ0) is 15.1. The van der Waals surface area contributed by atoms with Gasteiger partial charge in [-0.1, -0.05) is 13.8 Å². The molecule has 0 spiro atoms. The minimum absolute atomic E-state index is 0.0701. The van der Waals surface area contributed by atoms with Gasteiger partial charge in [0.2, 0.25) is 5.91 Å². The van der Waals surface area contributed by atoms with Crippen molar-refractivity contribution in [2.24, 2.45) is 17.3 Å². The maximum Gasteiger partial charge on any atom is 0.234 e. The average Bonchev–Trinajstić information content (AvgIpc) is 3.11. The lowest BCUT2D eigenvalue weighted by atomic mass is 9.64. The summed E-state index contributed by atoms with van der Waals surface area (Å²) in [5.41, 5.74) is 0.117. The van der Waals surface area contributed by atoms with E-state index in [9.17, 15) is 4.79 Å². The number of rotatable bonds is 5. The van der Waals surface area contributed by atoms with Crippen molar-refractivity contribution >= 4 is 5.91 Å². The van der Waals surface area contributed by atoms with Crippen molar-refractivity contribution in [3.8, 4) is 0 Å². The number of furan rings is 1. The molecule has 1 aromatic rings. The smallest absolute Gasteiger partial charge is 0.234 e. The Morgan fingerprint density at radius 1 is 1.33 bits per heavy atom. The van der Waals surface area contributed by atoms with Crippen LogP contribution in [0.5, 0.6) is 0 Å². The van der Waals surface area contributed by atoms with Gasteiger partial charge in [0.25, 0.3) is 0 Å². The molecule has 2 fully saturated rings. The summed E-state index contributed by atoms with van der Waals surface area (Å²) in [6.45, 7) is 7.79. The Labute approximate surface area is 126 Å². The van der Waals surface area contributed by atoms with Crippen LogP contribution in [0.1, 0.15) is 45.8 Å². The largest absolute Gasteiger partial charge is 0.468 e. The number of carbonyl (C=O) groups is 1. The van der Waals surface area contributed by atoms with Crippen molar-refractivity contribution < 1.29 is 9.21 Å². The Bertz CT molecular complexity index is 509. The van der Waals surface area contributed by atoms with E-state index in [0.717, 1.165) is 11.7 Å². The number of hydrogen-bond acceptors (Lipinski definition) is 3. The van der Waals surface area contributed by atoms with Crippen molar-refractivity contribution in [2.75, 3.05) is 6.54 Å². The van der Waals surface area contributed by atoms with Gasteiger partial charge in [0.05, 0.1) is 19.4 Å². The molecule has 0 aromatic carbocycles. The lowest BCUT2D eigenvalue weighted by Gasteiger charge is -2.48. The second kappa shape index (κ2) is 5.16. The van der Waals surface area contributed by atoms with Crippen LogP contribution in [0.4, 0.5) is 0 Å². The second-order valence-corrected chi connectivity index (χ2v) is 7.36. The summed E-state index contributed by atoms with van der Waals surface area (Å²) >= 11 is 0. The molecule has 2 aliphatic carbocycles. The van der Waals surface area contributed by atoms with E-state index in [4.69, 9.17) is 4.42 Å². The second-order valence-electron chi connectivity index (χ2n) is 7.36. The fourth-order valence-electron chi connectivity index (χ4n) is 4.42. The first-order chi connectivity index (χ1) is 9.93. The summed E-state index contributed by atoms with van der Waals surface area (Å²) in [7, 11) is 0. The Kier molecular flexibility index (Phi) is 3.60. The summed E-state index contributed by atoms with van der Waals surface area (Å²) in [6, 6.07) is 3.77. The highest BCUT2D eigenvalue weighted by molar-refractivity contribution is 5.79. The lowest BCUT2D eigenvalue weighted by Crippen LogP contribution is -2.60. The van der Waals surface area contributed by atoms with E-state index in [0.29, 0.717) is 19.0 Å². The molecule has 3 rings (SSSR count). The van der Waals surface area contributed by atoms with Crippen LogP contribution in [0.2, 0.25) is 0 Å². The topological polar surface area (TPSA) is 54.3 Å². The van der Waals surface area contributed by atoms with E-state index in [1.807, 2.05) is 12.1 Å². The molecule has 0 saturated heterocycles. The molecular formula is C17H26N2O2. The van der Waals surface area contributed by atoms with Crippen LogP contribution in [-0.2, 0) is 11.3 Å². The summed E-state index contributed by atoms with van der Waals surface area (Å²) in [6.07, 6.45) is 5.49. The minimum Gasteiger partial charge on any atom is -0.468 e. The summed E-state index contributed by atoms with van der Waals surface area (Å²) in [4.78, 5) is 12.3. The predicted octanol–water partition coefficient (Wildman–Crippen LogP) is 2.70. The van der Waals surface area contributed by atoms with Gasteiger partial charge in [-0.05, 0) is 55.6 Å². The predicted molar refractivity (Wildman–Crippen MR) is 81.6 cm³/mol. The molecule has 0 radical (unpaired) electrons. The van der Waals surface area contributed by atoms with Crippen LogP contribution >= 0.6 is 0 Å². The summed E-state index contributed by atoms with van der Waals surface area (Å²) in [5.74, 6) is 2.33. The molecule has 1 aromatic heterocycles. The van der Waals surface area contributed by atoms with Gasteiger partial charge in [0.15, 0.2) is 0 Å². The molecular weight excluding hydrogens is 264 g/mol. The quantitative estimate of drug-likeness (QED) is 0.876. The molecule has 2 N–H and O–H groups in total. The van der Waals surface area contributed by atoms with Crippen molar-refractivity contribution in [3.05, 3.63) is 24.2 Å². The highest BCUT2D eigenvalue weighted by Gasteiger charge is 2.60. The van der Waals surface area contributed by atoms with Gasteiger partial charge >= 0.3 is 0 Å². The van der Waals surface area contributed by atoms with Gasteiger partial charge in [0, 0.05) is 5.54 Å². The molecule has 0 aliphatic heterocycles. The van der Waals surface area contributed by atoms with Crippen LogP contribution in [0, 0.1) is 17.3 Å². The van der Waals surface area contributed by atoms with Gasteiger partial charge in [-0.15, -0.1) is 0 Å². The van der Waals surface area contributed by atoms with Gasteiger partial charge in [-0.25, -0.2) is 0 Å². The van der Waals surface area contributed by atoms with Gasteiger partial charge < -0.3 is 15.1 Å². The third kappa shape index (κ3) is 2.39. The number of fused-ring (bicyclic) bond motifs is 2. The fraction of sp³-hybridized carbons (Fsp3) is 0.706. The van der Waals surface area contributed by atoms with Crippen molar-refractivity contribution in [3.63, 3.8) is 0 Å². The Balaban J connectivity index is 1.54. The van der Waals surface area contributed by atoms with E-state index < -0.39 is 0 Å². The third-order valence-electron chi connectivity index (χ3n) is 6.17. The molecule has 2 saturated carbocycles. The van der Waals surface area contributed by atoms with Gasteiger partial charge in [0.1, 0.15) is 5.76 Å². The maximum absolute atomic E-state index is 12.3. The van der Waals surface area contributed by atoms with E-state index in [1.54, 1.807) is 6.26 Å². The molecule has 1 amide bonds. The van der Waals surface area contributed by atoms with E-state index in [-0.39, 0.29) is 16.9 Å². The van der Waals surface area contributed by atoms with E-state index >= 15 is 0 Å². The zero-order valence-electron chi connectivity index (χ0n) is 13.2. The standard InChI is InChI=1S/C17H26N2O2/c1-16(2)12-6-7-13(9-12)17(16,3)19-15(20)11-18-10-14-5-4-8-21-14/h4-5,8,12-13,18H,6-7,9-11H2,1-3H3,(H,19,20)/t12-,13+,17-/m1/s1. The van der Waals surface area contributed by atoms with E-state index in [1.165, 1.54) is 19.3 Å². The van der Waals surface area contributed by atoms with Crippen LogP contribution in [0.15, 0.2) is 22.8 Å². The Morgan fingerprint density at radius 3 is 2.71 bits per heavy atom. The minimum atomic E-state index is -0.0701. The molecule has 21 heavy (non-hydrogen) atoms. The first-order valence-corrected chi connectivity index (χ1v) is 7.97. The Hall–Kier alpha value is -1.29. The van der Waals surface area contributed by atoms with E-state index in [2.05, 4.69) is 31.4 Å². The molecule has 4 nitrogen and oxygen atoms in total. The normalized spacial score (nSPS) is 33.3. The maximum atomic E-state index is 12.3. The monoisotopic (exact) mass is 290 g/mol. The number of carbonyl (C=O) groups excluding carboxylic acids is 1. The van der Waals surface area contributed by atoms with Gasteiger partial charge in [-0.2, -0.15) is 0 Å². The highest BCUT2D eigenvalue weighted by Crippen LogP contribution is 2.61. The SMILES string of the molecule is CC1(C)[C@@H]2CC[C@@H](C2)[C@@]1(C)NC(=O)CNCc1ccco1. The summed E-state index contributed by atoms with van der Waals surface area (Å²) in [5, 5.41) is 6.47. The first kappa shape index (κ1) is 14.6. The third-order valence-corrected chi connectivity index (χ3v) is 6.17. The van der Waals surface area contributed by atoms with Crippen LogP contribution < -0.4 is 10.6 Å². The molecule has 1 heterocycles. The fourth-order valence-corrected chi connectivity index (χ4v) is 4.42. The van der Waals surface area contributed by atoms with Crippen LogP contribution in [-0.4, -0.2) is 18.0 Å². The van der Waals surface area contributed by atoms with Crippen molar-refractivity contribution in [2.45, 2.75) is 52.1 Å². The molecule has 2 aliphatic rings. The number of amides is 1. The van der Waals surface area contributed by atoms with Crippen LogP contribution in [0.3, 0.4) is 0 Å². The average molecular weight is 290 g/mol. The first-order valence-electron chi connectivity index (χ1n) is 7.97. The Morgan fingerprint density at radius 2 is 2.10 bits per heavy atom. The highest BCUT2D eigenvalue weighted by atomic mass is 16.3. The molecule has 116 valence electrons. The molecule has 3 atom stereocenters. The van der Waals surface area contributed by atoms with Crippen LogP contribution in [0.25, 0.3) is 0 Å². The molecule has 0 unspecified atom stereocenters.